The summed E-state index contributed by atoms with van der Waals surface area (Å²) in [5.41, 5.74) is -0.333. The van der Waals surface area contributed by atoms with Gasteiger partial charge in [-0.25, -0.2) is 9.59 Å². The van der Waals surface area contributed by atoms with Gasteiger partial charge < -0.3 is 70.8 Å². The van der Waals surface area contributed by atoms with Gasteiger partial charge >= 0.3 is 12.2 Å². The first-order chi connectivity index (χ1) is 39.2. The highest BCUT2D eigenvalue weighted by atomic mass is 16.6. The highest BCUT2D eigenvalue weighted by molar-refractivity contribution is 5.97. The number of carbonyl (C=O) groups is 12. The molecule has 26 heteroatoms. The average molecular weight is 1170 g/mol. The van der Waals surface area contributed by atoms with E-state index in [1.54, 1.807) is 92.6 Å². The third kappa shape index (κ3) is 20.4. The number of ether oxygens (including phenoxy) is 2. The maximum absolute atomic E-state index is 14.7. The fourth-order valence-corrected chi connectivity index (χ4v) is 10.3. The third-order valence-electron chi connectivity index (χ3n) is 14.5. The Labute approximate surface area is 487 Å². The molecule has 0 aromatic heterocycles. The maximum atomic E-state index is 14.7. The lowest BCUT2D eigenvalue weighted by Crippen LogP contribution is -2.62. The van der Waals surface area contributed by atoms with Gasteiger partial charge in [0, 0.05) is 53.4 Å². The molecule has 1 aromatic carbocycles. The Morgan fingerprint density at radius 2 is 0.988 bits per heavy atom. The van der Waals surface area contributed by atoms with Crippen molar-refractivity contribution >= 4 is 71.3 Å². The summed E-state index contributed by atoms with van der Waals surface area (Å²) in [4.78, 5) is 176. The zero-order valence-corrected chi connectivity index (χ0v) is 50.3. The van der Waals surface area contributed by atoms with E-state index >= 15 is 0 Å². The molecule has 3 fully saturated rings. The van der Waals surface area contributed by atoms with Gasteiger partial charge in [-0.1, -0.05) is 71.9 Å². The lowest BCUT2D eigenvalue weighted by atomic mass is 9.99. The van der Waals surface area contributed by atoms with E-state index in [2.05, 4.69) is 31.9 Å². The summed E-state index contributed by atoms with van der Waals surface area (Å²) in [5.74, 6) is -7.84. The lowest BCUT2D eigenvalue weighted by molar-refractivity contribution is -0.147. The Kier molecular flexibility index (Phi) is 26.5. The van der Waals surface area contributed by atoms with E-state index in [9.17, 15) is 57.5 Å². The Balaban J connectivity index is 1.73. The molecule has 12 amide bonds. The molecule has 3 heterocycles. The van der Waals surface area contributed by atoms with Crippen LogP contribution in [0.25, 0.3) is 0 Å². The van der Waals surface area contributed by atoms with Crippen molar-refractivity contribution in [3.8, 4) is 0 Å². The molecule has 1 aromatic rings. The van der Waals surface area contributed by atoms with Crippen molar-refractivity contribution in [3.63, 3.8) is 0 Å². The molecule has 462 valence electrons. The number of alkyl carbamates (subject to hydrolysis) is 2. The van der Waals surface area contributed by atoms with E-state index in [0.29, 0.717) is 44.1 Å². The molecule has 0 radical (unpaired) electrons. The van der Waals surface area contributed by atoms with Gasteiger partial charge in [0.15, 0.2) is 0 Å². The zero-order chi connectivity index (χ0) is 61.7. The first-order valence-corrected chi connectivity index (χ1v) is 28.9. The standard InChI is InChI=1S/C57H90N12O14/c1-12-25-66-33-45(72)64(10)47(36(3)4)51(76)58-29-39(62-55(80)82-35-38-21-15-14-16-22-38)53(78)68-27-19-17-23-41(68)49(74)60-31-43(70)67(26-13-2)34-46(73)65(11)48(37(5)6)52(77)59-30-40(63-56(81)83-57(7,8)9)54(79)69-28-20-18-24-42(69)50(75)61-32-44(66)71/h14-16,21-22,36-37,39-42,47-48H,12-13,17-20,23-35H2,1-11H3,(H,58,76)(H,59,77)(H,60,74)(H,61,75)(H,62,80)(H,63,81)/t39-,40-,41+,42+,47+,48+/m1/s1. The molecule has 0 bridgehead atoms. The predicted octanol–water partition coefficient (Wildman–Crippen LogP) is 0.858. The van der Waals surface area contributed by atoms with Crippen LogP contribution in [0.3, 0.4) is 0 Å². The van der Waals surface area contributed by atoms with Crippen molar-refractivity contribution in [2.45, 2.75) is 162 Å². The summed E-state index contributed by atoms with van der Waals surface area (Å²) in [5, 5.41) is 15.8. The smallest absolute Gasteiger partial charge is 0.408 e. The average Bonchev–Trinajstić information content (AvgIpc) is 3.64. The van der Waals surface area contributed by atoms with E-state index in [1.165, 1.54) is 43.5 Å². The third-order valence-corrected chi connectivity index (χ3v) is 14.5. The number of likely N-dealkylation sites (N-methyl/N-ethyl adjacent to an activating group) is 2. The Bertz CT molecular complexity index is 2450. The molecule has 26 nitrogen and oxygen atoms in total. The van der Waals surface area contributed by atoms with Crippen LogP contribution < -0.4 is 31.9 Å². The molecular formula is C57H90N12O14. The van der Waals surface area contributed by atoms with Gasteiger partial charge in [0.05, 0.1) is 26.2 Å². The maximum Gasteiger partial charge on any atom is 0.408 e. The molecular weight excluding hydrogens is 1080 g/mol. The number of nitrogens with zero attached hydrogens (tertiary/aromatic N) is 6. The van der Waals surface area contributed by atoms with Crippen molar-refractivity contribution in [3.05, 3.63) is 35.9 Å². The van der Waals surface area contributed by atoms with E-state index in [1.807, 2.05) is 0 Å². The second-order valence-electron chi connectivity index (χ2n) is 23.0. The highest BCUT2D eigenvalue weighted by Gasteiger charge is 2.41. The molecule has 0 saturated carbocycles. The van der Waals surface area contributed by atoms with Crippen molar-refractivity contribution in [2.75, 3.05) is 79.5 Å². The van der Waals surface area contributed by atoms with Gasteiger partial charge in [0.1, 0.15) is 48.5 Å². The van der Waals surface area contributed by atoms with Crippen LogP contribution in [0.1, 0.15) is 119 Å². The van der Waals surface area contributed by atoms with Crippen LogP contribution in [-0.4, -0.2) is 222 Å². The predicted molar refractivity (Wildman–Crippen MR) is 304 cm³/mol. The Morgan fingerprint density at radius 1 is 0.578 bits per heavy atom. The molecule has 3 aliphatic heterocycles. The summed E-state index contributed by atoms with van der Waals surface area (Å²) in [6, 6.07) is 1.23. The van der Waals surface area contributed by atoms with Crippen molar-refractivity contribution < 1.29 is 67.0 Å². The lowest BCUT2D eigenvalue weighted by Gasteiger charge is -2.38. The summed E-state index contributed by atoms with van der Waals surface area (Å²) < 4.78 is 10.9. The fraction of sp³-hybridized carbons (Fsp3) is 0.684. The van der Waals surface area contributed by atoms with Gasteiger partial charge in [-0.05, 0) is 89.5 Å². The van der Waals surface area contributed by atoms with Crippen LogP contribution in [0, 0.1) is 11.8 Å². The Hall–Kier alpha value is -7.54. The number of nitrogens with one attached hydrogen (secondary N) is 6. The molecule has 83 heavy (non-hydrogen) atoms. The van der Waals surface area contributed by atoms with Crippen LogP contribution in [-0.2, 0) is 64.0 Å². The van der Waals surface area contributed by atoms with Crippen molar-refractivity contribution in [1.82, 2.24) is 61.3 Å². The second kappa shape index (κ2) is 32.3. The normalized spacial score (nSPS) is 23.7. The number of benzene rings is 1. The van der Waals surface area contributed by atoms with Crippen LogP contribution in [0.2, 0.25) is 0 Å². The molecule has 0 aliphatic carbocycles. The minimum Gasteiger partial charge on any atom is -0.445 e. The van der Waals surface area contributed by atoms with Crippen LogP contribution in [0.4, 0.5) is 9.59 Å². The first kappa shape index (κ1) is 68.0. The van der Waals surface area contributed by atoms with Gasteiger partial charge in [-0.15, -0.1) is 0 Å². The van der Waals surface area contributed by atoms with E-state index < -0.39 is 164 Å². The minimum atomic E-state index is -1.50. The summed E-state index contributed by atoms with van der Waals surface area (Å²) in [6.07, 6.45) is 1.23. The van der Waals surface area contributed by atoms with Crippen LogP contribution >= 0.6 is 0 Å². The number of rotatable bonds is 10. The van der Waals surface area contributed by atoms with Gasteiger partial charge in [-0.2, -0.15) is 0 Å². The van der Waals surface area contributed by atoms with Crippen molar-refractivity contribution in [2.24, 2.45) is 11.8 Å². The number of carbonyl (C=O) groups excluding carboxylic acids is 12. The monoisotopic (exact) mass is 1170 g/mol. The van der Waals surface area contributed by atoms with Gasteiger partial charge in [0.25, 0.3) is 0 Å². The number of fused-ring (bicyclic) bond motifs is 2. The van der Waals surface area contributed by atoms with Crippen LogP contribution in [0.5, 0.6) is 0 Å². The second-order valence-corrected chi connectivity index (χ2v) is 23.0. The number of piperidine rings is 2. The molecule has 4 rings (SSSR count). The van der Waals surface area contributed by atoms with Crippen molar-refractivity contribution in [1.29, 1.82) is 0 Å². The molecule has 3 saturated heterocycles. The molecule has 0 spiro atoms. The number of amides is 12. The topological polar surface area (TPSA) is 315 Å². The van der Waals surface area contributed by atoms with E-state index in [0.717, 1.165) is 0 Å². The van der Waals surface area contributed by atoms with Gasteiger partial charge in [-0.3, -0.25) is 47.9 Å². The minimum absolute atomic E-state index is 0.0716. The largest absolute Gasteiger partial charge is 0.445 e. The Morgan fingerprint density at radius 3 is 1.37 bits per heavy atom. The highest BCUT2D eigenvalue weighted by Crippen LogP contribution is 2.22. The summed E-state index contributed by atoms with van der Waals surface area (Å²) >= 11 is 0. The quantitative estimate of drug-likeness (QED) is 0.189. The molecule has 0 unspecified atom stereocenters. The van der Waals surface area contributed by atoms with E-state index in [-0.39, 0.29) is 45.6 Å². The molecule has 3 aliphatic rings. The van der Waals surface area contributed by atoms with Gasteiger partial charge in [0.2, 0.25) is 59.1 Å². The fourth-order valence-electron chi connectivity index (χ4n) is 10.3. The first-order valence-electron chi connectivity index (χ1n) is 28.9. The van der Waals surface area contributed by atoms with E-state index in [4.69, 9.17) is 9.47 Å². The molecule has 6 N–H and O–H groups in total. The van der Waals surface area contributed by atoms with Crippen LogP contribution in [0.15, 0.2) is 30.3 Å². The SMILES string of the molecule is CCCN1CC(=O)N(C)[C@@H](C(C)C)C(=O)NC[C@@H](NC(=O)OC(C)(C)C)C(=O)N2CCCC[C@H]2C(=O)NCC(=O)N(CCC)CC(=O)N(C)[C@@H](C(C)C)C(=O)NC[C@@H](NC(=O)OCc2ccccc2)C(=O)N2CCCC[C@H]2C(=O)NCC1=O. The molecule has 6 atom stereocenters. The summed E-state index contributed by atoms with van der Waals surface area (Å²) in [7, 11) is 2.79. The summed E-state index contributed by atoms with van der Waals surface area (Å²) in [6.45, 7) is 12.3. The number of hydrogen-bond acceptors (Lipinski definition) is 14. The number of hydrogen-bond donors (Lipinski definition) is 6. The zero-order valence-electron chi connectivity index (χ0n) is 50.3.